The van der Waals surface area contributed by atoms with Crippen LogP contribution in [0.1, 0.15) is 56.1 Å². The highest BCUT2D eigenvalue weighted by Crippen LogP contribution is 2.34. The summed E-state index contributed by atoms with van der Waals surface area (Å²) in [7, 11) is 0. The Bertz CT molecular complexity index is 1230. The second-order valence-corrected chi connectivity index (χ2v) is 9.11. The summed E-state index contributed by atoms with van der Waals surface area (Å²) in [6.45, 7) is 9.24. The molecule has 7 nitrogen and oxygen atoms in total. The largest absolute Gasteiger partial charge is 0.484 e. The number of benzene rings is 2. The van der Waals surface area contributed by atoms with Crippen molar-refractivity contribution in [2.75, 3.05) is 23.8 Å². The van der Waals surface area contributed by atoms with Crippen LogP contribution in [0.4, 0.5) is 10.7 Å². The molecule has 0 bridgehead atoms. The zero-order valence-electron chi connectivity index (χ0n) is 20.6. The van der Waals surface area contributed by atoms with E-state index < -0.39 is 11.9 Å². The van der Waals surface area contributed by atoms with Gasteiger partial charge in [0.1, 0.15) is 10.8 Å². The van der Waals surface area contributed by atoms with Gasteiger partial charge < -0.3 is 20.1 Å². The lowest BCUT2D eigenvalue weighted by Crippen LogP contribution is -2.21. The van der Waals surface area contributed by atoms with Crippen molar-refractivity contribution in [3.05, 3.63) is 75.2 Å². The Labute approximate surface area is 209 Å². The van der Waals surface area contributed by atoms with Crippen LogP contribution in [0, 0.1) is 20.8 Å². The molecule has 0 saturated carbocycles. The van der Waals surface area contributed by atoms with Gasteiger partial charge in [-0.25, -0.2) is 4.79 Å². The number of rotatable bonds is 9. The molecule has 0 radical (unpaired) electrons. The SMILES string of the molecule is CCOC(=O)c1c(NC(=O)COc2ccc(CC)cc2)sc(C(=O)Nc2ccc(C)cc2C)c1C. The van der Waals surface area contributed by atoms with Gasteiger partial charge in [0.2, 0.25) is 0 Å². The molecule has 184 valence electrons. The number of carbonyl (C=O) groups is 3. The number of carbonyl (C=O) groups excluding carboxylic acids is 3. The molecule has 35 heavy (non-hydrogen) atoms. The van der Waals surface area contributed by atoms with Crippen LogP contribution in [-0.4, -0.2) is 31.0 Å². The molecule has 1 heterocycles. The zero-order valence-corrected chi connectivity index (χ0v) is 21.4. The third-order valence-electron chi connectivity index (χ3n) is 5.42. The number of hydrogen-bond acceptors (Lipinski definition) is 6. The summed E-state index contributed by atoms with van der Waals surface area (Å²) in [5.74, 6) is -0.840. The first-order valence-corrected chi connectivity index (χ1v) is 12.3. The predicted molar refractivity (Wildman–Crippen MR) is 139 cm³/mol. The van der Waals surface area contributed by atoms with Crippen molar-refractivity contribution in [3.8, 4) is 5.75 Å². The first kappa shape index (κ1) is 26.0. The number of aryl methyl sites for hydroxylation is 3. The third-order valence-corrected chi connectivity index (χ3v) is 6.62. The second-order valence-electron chi connectivity index (χ2n) is 8.09. The number of nitrogens with one attached hydrogen (secondary N) is 2. The molecule has 2 N–H and O–H groups in total. The van der Waals surface area contributed by atoms with E-state index in [-0.39, 0.29) is 29.7 Å². The van der Waals surface area contributed by atoms with Crippen LogP contribution in [0.25, 0.3) is 0 Å². The number of thiophene rings is 1. The lowest BCUT2D eigenvalue weighted by atomic mass is 10.1. The molecule has 3 aromatic rings. The Morgan fingerprint density at radius 1 is 0.943 bits per heavy atom. The predicted octanol–water partition coefficient (Wildman–Crippen LogP) is 5.68. The van der Waals surface area contributed by atoms with Gasteiger partial charge in [0.15, 0.2) is 6.61 Å². The molecule has 3 rings (SSSR count). The molecule has 0 atom stereocenters. The summed E-state index contributed by atoms with van der Waals surface area (Å²) in [4.78, 5) is 38.7. The van der Waals surface area contributed by atoms with Crippen molar-refractivity contribution < 1.29 is 23.9 Å². The molecular formula is C27H30N2O5S. The van der Waals surface area contributed by atoms with Crippen molar-refractivity contribution in [1.29, 1.82) is 0 Å². The molecule has 8 heteroatoms. The van der Waals surface area contributed by atoms with Crippen LogP contribution in [0.5, 0.6) is 5.75 Å². The summed E-state index contributed by atoms with van der Waals surface area (Å²) in [6, 6.07) is 13.2. The van der Waals surface area contributed by atoms with E-state index in [1.54, 1.807) is 26.0 Å². The van der Waals surface area contributed by atoms with Crippen LogP contribution in [0.15, 0.2) is 42.5 Å². The third kappa shape index (κ3) is 6.48. The number of ether oxygens (including phenoxy) is 2. The molecule has 2 amide bonds. The first-order valence-electron chi connectivity index (χ1n) is 11.4. The van der Waals surface area contributed by atoms with Gasteiger partial charge in [-0.05, 0) is 69.0 Å². The fourth-order valence-electron chi connectivity index (χ4n) is 3.53. The Morgan fingerprint density at radius 2 is 1.66 bits per heavy atom. The quantitative estimate of drug-likeness (QED) is 0.373. The minimum Gasteiger partial charge on any atom is -0.484 e. The average Bonchev–Trinajstić information content (AvgIpc) is 3.15. The smallest absolute Gasteiger partial charge is 0.341 e. The van der Waals surface area contributed by atoms with Gasteiger partial charge in [-0.1, -0.05) is 36.8 Å². The molecular weight excluding hydrogens is 464 g/mol. The summed E-state index contributed by atoms with van der Waals surface area (Å²) in [6.07, 6.45) is 0.911. The summed E-state index contributed by atoms with van der Waals surface area (Å²) >= 11 is 1.03. The zero-order chi connectivity index (χ0) is 25.5. The Balaban J connectivity index is 1.79. The van der Waals surface area contributed by atoms with E-state index in [4.69, 9.17) is 9.47 Å². The Kier molecular flexibility index (Phi) is 8.65. The van der Waals surface area contributed by atoms with Crippen molar-refractivity contribution in [1.82, 2.24) is 0 Å². The minimum absolute atomic E-state index is 0.169. The second kappa shape index (κ2) is 11.7. The Morgan fingerprint density at radius 3 is 2.29 bits per heavy atom. The number of esters is 1. The monoisotopic (exact) mass is 494 g/mol. The number of hydrogen-bond donors (Lipinski definition) is 2. The molecule has 2 aromatic carbocycles. The van der Waals surface area contributed by atoms with Gasteiger partial charge in [-0.3, -0.25) is 9.59 Å². The minimum atomic E-state index is -0.599. The average molecular weight is 495 g/mol. The number of anilines is 2. The van der Waals surface area contributed by atoms with Gasteiger partial charge in [0.05, 0.1) is 17.0 Å². The van der Waals surface area contributed by atoms with E-state index in [0.29, 0.717) is 21.9 Å². The van der Waals surface area contributed by atoms with Gasteiger partial charge in [0.25, 0.3) is 11.8 Å². The van der Waals surface area contributed by atoms with E-state index >= 15 is 0 Å². The van der Waals surface area contributed by atoms with Crippen LogP contribution in [0.3, 0.4) is 0 Å². The normalized spacial score (nSPS) is 10.5. The van der Waals surface area contributed by atoms with Gasteiger partial charge in [0, 0.05) is 5.69 Å². The van der Waals surface area contributed by atoms with Crippen LogP contribution >= 0.6 is 11.3 Å². The highest BCUT2D eigenvalue weighted by atomic mass is 32.1. The van der Waals surface area contributed by atoms with E-state index in [1.165, 1.54) is 5.56 Å². The molecule has 0 spiro atoms. The van der Waals surface area contributed by atoms with E-state index in [0.717, 1.165) is 28.9 Å². The van der Waals surface area contributed by atoms with E-state index in [9.17, 15) is 14.4 Å². The van der Waals surface area contributed by atoms with Crippen molar-refractivity contribution in [3.63, 3.8) is 0 Å². The standard InChI is InChI=1S/C27H30N2O5S/c1-6-19-9-11-20(12-10-19)34-15-22(30)29-26-23(27(32)33-7-2)18(5)24(35-26)25(31)28-21-13-8-16(3)14-17(21)4/h8-14H,6-7,15H2,1-5H3,(H,28,31)(H,29,30). The highest BCUT2D eigenvalue weighted by Gasteiger charge is 2.27. The molecule has 0 aliphatic carbocycles. The maximum Gasteiger partial charge on any atom is 0.341 e. The van der Waals surface area contributed by atoms with Crippen molar-refractivity contribution in [2.45, 2.75) is 41.0 Å². The molecule has 0 fully saturated rings. The molecule has 0 aliphatic heterocycles. The topological polar surface area (TPSA) is 93.7 Å². The van der Waals surface area contributed by atoms with Gasteiger partial charge in [-0.15, -0.1) is 11.3 Å². The van der Waals surface area contributed by atoms with Crippen molar-refractivity contribution >= 4 is 39.8 Å². The summed E-state index contributed by atoms with van der Waals surface area (Å²) in [5.41, 5.74) is 4.48. The Hall–Kier alpha value is -3.65. The van der Waals surface area contributed by atoms with E-state index in [1.807, 2.05) is 44.2 Å². The molecule has 0 unspecified atom stereocenters. The first-order chi connectivity index (χ1) is 16.7. The lowest BCUT2D eigenvalue weighted by molar-refractivity contribution is -0.118. The van der Waals surface area contributed by atoms with Crippen LogP contribution in [-0.2, 0) is 16.0 Å². The van der Waals surface area contributed by atoms with Gasteiger partial charge >= 0.3 is 5.97 Å². The van der Waals surface area contributed by atoms with Crippen molar-refractivity contribution in [2.24, 2.45) is 0 Å². The van der Waals surface area contributed by atoms with E-state index in [2.05, 4.69) is 17.6 Å². The van der Waals surface area contributed by atoms with Gasteiger partial charge in [-0.2, -0.15) is 0 Å². The number of amides is 2. The highest BCUT2D eigenvalue weighted by molar-refractivity contribution is 7.19. The van der Waals surface area contributed by atoms with Crippen LogP contribution < -0.4 is 15.4 Å². The molecule has 0 saturated heterocycles. The summed E-state index contributed by atoms with van der Waals surface area (Å²) in [5, 5.41) is 5.86. The van der Waals surface area contributed by atoms with Crippen LogP contribution in [0.2, 0.25) is 0 Å². The maximum atomic E-state index is 13.1. The lowest BCUT2D eigenvalue weighted by Gasteiger charge is -2.09. The fourth-order valence-corrected chi connectivity index (χ4v) is 4.64. The summed E-state index contributed by atoms with van der Waals surface area (Å²) < 4.78 is 10.7. The maximum absolute atomic E-state index is 13.1. The fraction of sp³-hybridized carbons (Fsp3) is 0.296. The molecule has 1 aromatic heterocycles. The molecule has 0 aliphatic rings.